The first-order valence-electron chi connectivity index (χ1n) is 8.20. The Bertz CT molecular complexity index is 1150. The maximum absolute atomic E-state index is 13.5. The molecule has 0 unspecified atom stereocenters. The number of carbonyl (C=O) groups is 1. The molecule has 1 amide bonds. The maximum atomic E-state index is 13.5. The van der Waals surface area contributed by atoms with Gasteiger partial charge in [-0.3, -0.25) is 14.2 Å². The van der Waals surface area contributed by atoms with Crippen molar-refractivity contribution in [3.05, 3.63) is 63.6 Å². The smallest absolute Gasteiger partial charge is 0.268 e. The number of fused-ring (bicyclic) bond motifs is 1. The van der Waals surface area contributed by atoms with Crippen molar-refractivity contribution >= 4 is 50.6 Å². The lowest BCUT2D eigenvalue weighted by atomic mass is 10.2. The SMILES string of the molecule is NC(=O)CCSc1nc2scc(-c3cccs3)c2c(=O)n1-c1ccccc1. The maximum Gasteiger partial charge on any atom is 0.268 e. The summed E-state index contributed by atoms with van der Waals surface area (Å²) >= 11 is 4.43. The lowest BCUT2D eigenvalue weighted by molar-refractivity contribution is -0.117. The Hall–Kier alpha value is -2.42. The van der Waals surface area contributed by atoms with Crippen molar-refractivity contribution in [2.45, 2.75) is 11.6 Å². The molecule has 27 heavy (non-hydrogen) atoms. The first-order chi connectivity index (χ1) is 13.1. The van der Waals surface area contributed by atoms with E-state index in [2.05, 4.69) is 0 Å². The highest BCUT2D eigenvalue weighted by molar-refractivity contribution is 7.99. The monoisotopic (exact) mass is 413 g/mol. The molecule has 5 nitrogen and oxygen atoms in total. The highest BCUT2D eigenvalue weighted by atomic mass is 32.2. The van der Waals surface area contributed by atoms with Crippen LogP contribution in [0.5, 0.6) is 0 Å². The molecule has 0 bridgehead atoms. The Kier molecular flexibility index (Phi) is 5.11. The quantitative estimate of drug-likeness (QED) is 0.381. The van der Waals surface area contributed by atoms with Crippen molar-refractivity contribution in [1.82, 2.24) is 9.55 Å². The van der Waals surface area contributed by atoms with Gasteiger partial charge in [-0.1, -0.05) is 36.0 Å². The van der Waals surface area contributed by atoms with Crippen LogP contribution in [0.15, 0.2) is 63.2 Å². The van der Waals surface area contributed by atoms with Gasteiger partial charge in [-0.25, -0.2) is 4.98 Å². The molecular formula is C19H15N3O2S3. The third-order valence-electron chi connectivity index (χ3n) is 3.96. The molecule has 0 atom stereocenters. The number of carbonyl (C=O) groups excluding carboxylic acids is 1. The van der Waals surface area contributed by atoms with E-state index < -0.39 is 0 Å². The van der Waals surface area contributed by atoms with E-state index in [9.17, 15) is 9.59 Å². The summed E-state index contributed by atoms with van der Waals surface area (Å²) in [4.78, 5) is 31.0. The summed E-state index contributed by atoms with van der Waals surface area (Å²) in [7, 11) is 0. The van der Waals surface area contributed by atoms with Crippen LogP contribution in [0.2, 0.25) is 0 Å². The van der Waals surface area contributed by atoms with Crippen LogP contribution in [0.4, 0.5) is 0 Å². The summed E-state index contributed by atoms with van der Waals surface area (Å²) in [5.74, 6) is 0.108. The van der Waals surface area contributed by atoms with Crippen LogP contribution in [0.25, 0.3) is 26.3 Å². The molecule has 4 rings (SSSR count). The average molecular weight is 414 g/mol. The van der Waals surface area contributed by atoms with Crippen LogP contribution >= 0.6 is 34.4 Å². The summed E-state index contributed by atoms with van der Waals surface area (Å²) < 4.78 is 1.62. The summed E-state index contributed by atoms with van der Waals surface area (Å²) in [5.41, 5.74) is 6.82. The zero-order valence-electron chi connectivity index (χ0n) is 14.1. The van der Waals surface area contributed by atoms with Gasteiger partial charge in [0, 0.05) is 28.0 Å². The fourth-order valence-electron chi connectivity index (χ4n) is 2.73. The van der Waals surface area contributed by atoms with Gasteiger partial charge >= 0.3 is 0 Å². The molecule has 8 heteroatoms. The van der Waals surface area contributed by atoms with Gasteiger partial charge in [0.25, 0.3) is 5.56 Å². The minimum atomic E-state index is -0.367. The highest BCUT2D eigenvalue weighted by Gasteiger charge is 2.19. The Balaban J connectivity index is 1.91. The lowest BCUT2D eigenvalue weighted by Crippen LogP contribution is -2.21. The average Bonchev–Trinajstić information content (AvgIpc) is 3.31. The molecule has 0 aliphatic rings. The highest BCUT2D eigenvalue weighted by Crippen LogP contribution is 2.35. The Morgan fingerprint density at radius 3 is 2.67 bits per heavy atom. The third-order valence-corrected chi connectivity index (χ3v) is 6.67. The molecule has 0 saturated heterocycles. The van der Waals surface area contributed by atoms with Crippen LogP contribution in [0.3, 0.4) is 0 Å². The first-order valence-corrected chi connectivity index (χ1v) is 10.9. The number of thiophene rings is 2. The lowest BCUT2D eigenvalue weighted by Gasteiger charge is -2.12. The number of hydrogen-bond acceptors (Lipinski definition) is 6. The van der Waals surface area contributed by atoms with Crippen LogP contribution in [-0.4, -0.2) is 21.2 Å². The molecule has 0 aliphatic heterocycles. The standard InChI is InChI=1S/C19H15N3O2S3/c20-15(23)8-10-26-19-21-17-16(13(11-27-17)14-7-4-9-25-14)18(24)22(19)12-5-2-1-3-6-12/h1-7,9,11H,8,10H2,(H2,20,23). The summed E-state index contributed by atoms with van der Waals surface area (Å²) in [6, 6.07) is 13.4. The van der Waals surface area contributed by atoms with Crippen LogP contribution < -0.4 is 11.3 Å². The van der Waals surface area contributed by atoms with Gasteiger partial charge in [-0.05, 0) is 23.6 Å². The van der Waals surface area contributed by atoms with Gasteiger partial charge in [0.1, 0.15) is 4.83 Å². The van der Waals surface area contributed by atoms with Gasteiger partial charge in [0.05, 0.1) is 11.1 Å². The summed E-state index contributed by atoms with van der Waals surface area (Å²) in [5, 5.41) is 5.18. The van der Waals surface area contributed by atoms with Gasteiger partial charge < -0.3 is 5.73 Å². The van der Waals surface area contributed by atoms with Crippen molar-refractivity contribution in [3.8, 4) is 16.1 Å². The molecule has 0 saturated carbocycles. The molecule has 0 spiro atoms. The van der Waals surface area contributed by atoms with Gasteiger partial charge in [-0.15, -0.1) is 22.7 Å². The fourth-order valence-corrected chi connectivity index (χ4v) is 5.50. The van der Waals surface area contributed by atoms with E-state index in [0.29, 0.717) is 21.1 Å². The van der Waals surface area contributed by atoms with Crippen molar-refractivity contribution < 1.29 is 4.79 Å². The van der Waals surface area contributed by atoms with E-state index in [1.54, 1.807) is 15.9 Å². The molecular weight excluding hydrogens is 398 g/mol. The predicted molar refractivity (Wildman–Crippen MR) is 113 cm³/mol. The van der Waals surface area contributed by atoms with E-state index >= 15 is 0 Å². The molecule has 0 aliphatic carbocycles. The number of hydrogen-bond donors (Lipinski definition) is 1. The summed E-state index contributed by atoms with van der Waals surface area (Å²) in [6.07, 6.45) is 0.234. The van der Waals surface area contributed by atoms with Crippen molar-refractivity contribution in [2.75, 3.05) is 5.75 Å². The van der Waals surface area contributed by atoms with Gasteiger partial charge in [0.2, 0.25) is 5.91 Å². The van der Waals surface area contributed by atoms with Crippen molar-refractivity contribution in [1.29, 1.82) is 0 Å². The second-order valence-electron chi connectivity index (χ2n) is 5.74. The molecule has 0 fully saturated rings. The largest absolute Gasteiger partial charge is 0.370 e. The normalized spacial score (nSPS) is 11.1. The van der Waals surface area contributed by atoms with E-state index in [-0.39, 0.29) is 17.9 Å². The number of rotatable bonds is 6. The first kappa shape index (κ1) is 18.0. The van der Waals surface area contributed by atoms with Crippen molar-refractivity contribution in [3.63, 3.8) is 0 Å². The number of primary amides is 1. The van der Waals surface area contributed by atoms with E-state index in [4.69, 9.17) is 10.7 Å². The zero-order chi connectivity index (χ0) is 18.8. The molecule has 3 heterocycles. The zero-order valence-corrected chi connectivity index (χ0v) is 16.6. The van der Waals surface area contributed by atoms with Crippen LogP contribution in [0.1, 0.15) is 6.42 Å². The third kappa shape index (κ3) is 3.55. The number of para-hydroxylation sites is 1. The molecule has 3 aromatic heterocycles. The fraction of sp³-hybridized carbons (Fsp3) is 0.105. The number of nitrogens with two attached hydrogens (primary N) is 1. The minimum absolute atomic E-state index is 0.0996. The van der Waals surface area contributed by atoms with Crippen molar-refractivity contribution in [2.24, 2.45) is 5.73 Å². The Morgan fingerprint density at radius 1 is 1.15 bits per heavy atom. The second-order valence-corrected chi connectivity index (χ2v) is 8.61. The number of thioether (sulfide) groups is 1. The molecule has 2 N–H and O–H groups in total. The van der Waals surface area contributed by atoms with E-state index in [1.807, 2.05) is 53.2 Å². The minimum Gasteiger partial charge on any atom is -0.370 e. The number of amides is 1. The predicted octanol–water partition coefficient (Wildman–Crippen LogP) is 4.14. The topological polar surface area (TPSA) is 78.0 Å². The van der Waals surface area contributed by atoms with E-state index in [1.165, 1.54) is 23.1 Å². The Morgan fingerprint density at radius 2 is 1.96 bits per heavy atom. The van der Waals surface area contributed by atoms with Gasteiger partial charge in [0.15, 0.2) is 5.16 Å². The van der Waals surface area contributed by atoms with Crippen LogP contribution in [0, 0.1) is 0 Å². The van der Waals surface area contributed by atoms with E-state index in [0.717, 1.165) is 16.1 Å². The molecule has 1 aromatic carbocycles. The number of aromatic nitrogens is 2. The Labute approximate surface area is 167 Å². The molecule has 136 valence electrons. The second kappa shape index (κ2) is 7.67. The van der Waals surface area contributed by atoms with Gasteiger partial charge in [-0.2, -0.15) is 0 Å². The molecule has 4 aromatic rings. The summed E-state index contributed by atoms with van der Waals surface area (Å²) in [6.45, 7) is 0. The number of benzene rings is 1. The molecule has 0 radical (unpaired) electrons. The van der Waals surface area contributed by atoms with Crippen LogP contribution in [-0.2, 0) is 4.79 Å². The number of nitrogens with zero attached hydrogens (tertiary/aromatic N) is 2.